The zero-order valence-corrected chi connectivity index (χ0v) is 16.6. The second-order valence-corrected chi connectivity index (χ2v) is 7.76. The molecule has 0 radical (unpaired) electrons. The second kappa shape index (κ2) is 8.47. The van der Waals surface area contributed by atoms with Crippen molar-refractivity contribution in [2.45, 2.75) is 25.6 Å². The van der Waals surface area contributed by atoms with Gasteiger partial charge in [0.15, 0.2) is 11.6 Å². The number of aliphatic hydroxyl groups excluding tert-OH is 1. The lowest BCUT2D eigenvalue weighted by Gasteiger charge is -2.16. The number of phenolic OH excluding ortho intramolecular Hbond substituents is 1. The first kappa shape index (κ1) is 21.0. The fourth-order valence-electron chi connectivity index (χ4n) is 3.93. The smallest absolute Gasteiger partial charge is 0.161 e. The van der Waals surface area contributed by atoms with Crippen LogP contribution in [0.5, 0.6) is 5.75 Å². The summed E-state index contributed by atoms with van der Waals surface area (Å²) in [4.78, 5) is 0. The van der Waals surface area contributed by atoms with Gasteiger partial charge in [0.05, 0.1) is 6.10 Å². The van der Waals surface area contributed by atoms with E-state index in [9.17, 15) is 23.4 Å². The van der Waals surface area contributed by atoms with Gasteiger partial charge in [-0.2, -0.15) is 0 Å². The van der Waals surface area contributed by atoms with E-state index in [1.54, 1.807) is 24.3 Å². The highest BCUT2D eigenvalue weighted by molar-refractivity contribution is 5.57. The second-order valence-electron chi connectivity index (χ2n) is 7.76. The summed E-state index contributed by atoms with van der Waals surface area (Å²) in [6.45, 7) is 3.54. The summed E-state index contributed by atoms with van der Waals surface area (Å²) in [6, 6.07) is 13.7. The third-order valence-corrected chi connectivity index (χ3v) is 5.64. The average molecular weight is 426 g/mol. The molecule has 2 N–H and O–H groups in total. The van der Waals surface area contributed by atoms with E-state index in [-0.39, 0.29) is 29.6 Å². The Morgan fingerprint density at radius 2 is 1.68 bits per heavy atom. The van der Waals surface area contributed by atoms with Crippen LogP contribution in [0.25, 0.3) is 5.76 Å². The third-order valence-electron chi connectivity index (χ3n) is 5.64. The van der Waals surface area contributed by atoms with Crippen LogP contribution in [-0.2, 0) is 24.2 Å². The monoisotopic (exact) mass is 426 g/mol. The van der Waals surface area contributed by atoms with Gasteiger partial charge in [0.25, 0.3) is 0 Å². The van der Waals surface area contributed by atoms with Crippen LogP contribution >= 0.6 is 0 Å². The van der Waals surface area contributed by atoms with Gasteiger partial charge in [-0.1, -0.05) is 36.9 Å². The number of aliphatic hydroxyl groups is 1. The Morgan fingerprint density at radius 1 is 0.968 bits per heavy atom. The first-order valence-electron chi connectivity index (χ1n) is 9.86. The van der Waals surface area contributed by atoms with E-state index in [0.717, 1.165) is 29.2 Å². The van der Waals surface area contributed by atoms with Gasteiger partial charge in [-0.15, -0.1) is 0 Å². The molecule has 0 aliphatic heterocycles. The summed E-state index contributed by atoms with van der Waals surface area (Å²) < 4.78 is 45.5. The maximum Gasteiger partial charge on any atom is 0.161 e. The summed E-state index contributed by atoms with van der Waals surface area (Å²) in [5.41, 5.74) is 3.40. The predicted molar refractivity (Wildman–Crippen MR) is 111 cm³/mol. The van der Waals surface area contributed by atoms with Gasteiger partial charge >= 0.3 is 0 Å². The van der Waals surface area contributed by atoms with Crippen LogP contribution in [0.4, 0.5) is 13.2 Å². The number of ether oxygens (including phenoxy) is 1. The highest BCUT2D eigenvalue weighted by Crippen LogP contribution is 2.39. The molecule has 0 spiro atoms. The van der Waals surface area contributed by atoms with Crippen LogP contribution in [0, 0.1) is 23.4 Å². The summed E-state index contributed by atoms with van der Waals surface area (Å²) in [5.74, 6) is -2.83. The summed E-state index contributed by atoms with van der Waals surface area (Å²) in [5, 5.41) is 20.2. The molecule has 3 aromatic carbocycles. The van der Waals surface area contributed by atoms with E-state index in [4.69, 9.17) is 4.74 Å². The lowest BCUT2D eigenvalue weighted by Crippen LogP contribution is -2.10. The van der Waals surface area contributed by atoms with Crippen molar-refractivity contribution in [2.24, 2.45) is 5.92 Å². The van der Waals surface area contributed by atoms with Crippen molar-refractivity contribution in [3.05, 3.63) is 106 Å². The van der Waals surface area contributed by atoms with E-state index in [2.05, 4.69) is 6.58 Å². The van der Waals surface area contributed by atoms with E-state index < -0.39 is 23.6 Å². The van der Waals surface area contributed by atoms with Crippen molar-refractivity contribution in [1.82, 2.24) is 0 Å². The third kappa shape index (κ3) is 4.44. The summed E-state index contributed by atoms with van der Waals surface area (Å²) in [6.07, 6.45) is 0.754. The van der Waals surface area contributed by atoms with Gasteiger partial charge in [0.1, 0.15) is 23.9 Å². The number of rotatable bonds is 6. The van der Waals surface area contributed by atoms with Crippen molar-refractivity contribution >= 4 is 5.76 Å². The fourth-order valence-corrected chi connectivity index (χ4v) is 3.93. The Hall–Kier alpha value is -3.25. The lowest BCUT2D eigenvalue weighted by molar-refractivity contribution is 0.123. The maximum absolute atomic E-state index is 13.7. The molecule has 160 valence electrons. The first-order chi connectivity index (χ1) is 14.8. The molecule has 2 atom stereocenters. The van der Waals surface area contributed by atoms with E-state index in [1.165, 1.54) is 0 Å². The highest BCUT2D eigenvalue weighted by Gasteiger charge is 2.31. The number of hydrogen-bond donors (Lipinski definition) is 2. The van der Waals surface area contributed by atoms with Crippen LogP contribution in [-0.4, -0.2) is 10.2 Å². The molecule has 0 saturated carbocycles. The molecule has 0 aromatic heterocycles. The molecule has 1 aliphatic carbocycles. The van der Waals surface area contributed by atoms with Crippen LogP contribution in [0.1, 0.15) is 33.9 Å². The quantitative estimate of drug-likeness (QED) is 0.407. The van der Waals surface area contributed by atoms with E-state index >= 15 is 0 Å². The summed E-state index contributed by atoms with van der Waals surface area (Å²) >= 11 is 0. The van der Waals surface area contributed by atoms with Gasteiger partial charge in [0.2, 0.25) is 0 Å². The molecule has 0 heterocycles. The highest BCUT2D eigenvalue weighted by atomic mass is 19.2. The van der Waals surface area contributed by atoms with Gasteiger partial charge in [-0.25, -0.2) is 13.2 Å². The van der Waals surface area contributed by atoms with Gasteiger partial charge in [0, 0.05) is 17.2 Å². The molecule has 0 fully saturated rings. The Labute approximate surface area is 178 Å². The number of hydrogen-bond acceptors (Lipinski definition) is 3. The van der Waals surface area contributed by atoms with Gasteiger partial charge in [-0.3, -0.25) is 0 Å². The van der Waals surface area contributed by atoms with Crippen LogP contribution in [0.15, 0.2) is 61.2 Å². The van der Waals surface area contributed by atoms with Crippen molar-refractivity contribution < 1.29 is 28.1 Å². The van der Waals surface area contributed by atoms with Crippen molar-refractivity contribution in [2.75, 3.05) is 0 Å². The molecular formula is C25H21F3O3. The van der Waals surface area contributed by atoms with Crippen LogP contribution in [0.3, 0.4) is 0 Å². The van der Waals surface area contributed by atoms with E-state index in [0.29, 0.717) is 18.1 Å². The molecule has 4 rings (SSSR count). The molecule has 3 nitrogen and oxygen atoms in total. The lowest BCUT2D eigenvalue weighted by atomic mass is 9.94. The molecule has 1 aliphatic rings. The van der Waals surface area contributed by atoms with Crippen molar-refractivity contribution in [3.63, 3.8) is 0 Å². The minimum absolute atomic E-state index is 0.0125. The predicted octanol–water partition coefficient (Wildman–Crippen LogP) is 5.45. The molecule has 31 heavy (non-hydrogen) atoms. The number of halogens is 3. The van der Waals surface area contributed by atoms with E-state index in [1.807, 2.05) is 18.2 Å². The summed E-state index contributed by atoms with van der Waals surface area (Å²) in [7, 11) is 0. The SMILES string of the molecule is C=C(OCc1cc(F)c(F)cc1F)c1ccc(CC2Cc3ccc(O)cc3C2O)cc1. The number of phenols is 1. The van der Waals surface area contributed by atoms with Crippen molar-refractivity contribution in [3.8, 4) is 5.75 Å². The number of aromatic hydroxyl groups is 1. The minimum atomic E-state index is -1.25. The average Bonchev–Trinajstić information content (AvgIpc) is 3.05. The Morgan fingerprint density at radius 3 is 2.42 bits per heavy atom. The van der Waals surface area contributed by atoms with Crippen LogP contribution in [0.2, 0.25) is 0 Å². The number of benzene rings is 3. The van der Waals surface area contributed by atoms with Gasteiger partial charge < -0.3 is 14.9 Å². The zero-order chi connectivity index (χ0) is 22.1. The normalized spacial score (nSPS) is 17.4. The van der Waals surface area contributed by atoms with Crippen LogP contribution < -0.4 is 0 Å². The number of fused-ring (bicyclic) bond motifs is 1. The Bertz CT molecular complexity index is 1130. The molecule has 2 unspecified atom stereocenters. The van der Waals surface area contributed by atoms with Gasteiger partial charge in [-0.05, 0) is 53.6 Å². The Balaban J connectivity index is 1.37. The fraction of sp³-hybridized carbons (Fsp3) is 0.200. The maximum atomic E-state index is 13.7. The molecule has 0 saturated heterocycles. The molecule has 6 heteroatoms. The first-order valence-corrected chi connectivity index (χ1v) is 9.86. The topological polar surface area (TPSA) is 49.7 Å². The molecular weight excluding hydrogens is 405 g/mol. The molecule has 0 amide bonds. The standard InChI is InChI=1S/C25H21F3O3/c1-14(31-13-19-10-23(27)24(28)12-22(19)26)16-4-2-15(3-5-16)8-18-9-17-6-7-20(29)11-21(17)25(18)30/h2-7,10-12,18,25,29-30H,1,8-9,13H2. The molecule has 3 aromatic rings. The van der Waals surface area contributed by atoms with Crippen molar-refractivity contribution in [1.29, 1.82) is 0 Å². The largest absolute Gasteiger partial charge is 0.508 e. The Kier molecular flexibility index (Phi) is 5.74. The minimum Gasteiger partial charge on any atom is -0.508 e. The molecule has 0 bridgehead atoms. The zero-order valence-electron chi connectivity index (χ0n) is 16.6.